The lowest BCUT2D eigenvalue weighted by atomic mass is 9.91. The number of aliphatic hydroxyl groups is 1. The number of ether oxygens (including phenoxy) is 3. The van der Waals surface area contributed by atoms with Gasteiger partial charge in [0.1, 0.15) is 17.2 Å². The molecule has 0 amide bonds. The van der Waals surface area contributed by atoms with Gasteiger partial charge >= 0.3 is 0 Å². The first kappa shape index (κ1) is 91.9. The molecule has 0 spiro atoms. The largest absolute Gasteiger partial charge is 0.493 e. The third-order valence-electron chi connectivity index (χ3n) is 23.2. The predicted octanol–water partition coefficient (Wildman–Crippen LogP) is 16.6. The summed E-state index contributed by atoms with van der Waals surface area (Å²) in [6.45, 7) is 18.5. The first-order chi connectivity index (χ1) is 56.0. The Hall–Kier alpha value is -7.37. The number of aromatic amines is 1. The van der Waals surface area contributed by atoms with Crippen LogP contribution >= 0.6 is 53.2 Å². The van der Waals surface area contributed by atoms with Gasteiger partial charge in [0.15, 0.2) is 16.7 Å². The second kappa shape index (κ2) is 48.8. The van der Waals surface area contributed by atoms with Gasteiger partial charge in [-0.25, -0.2) is 0 Å². The maximum absolute atomic E-state index is 9.90. The fourth-order valence-corrected chi connectivity index (χ4v) is 16.1. The highest BCUT2D eigenvalue weighted by Crippen LogP contribution is 2.39. The quantitative estimate of drug-likeness (QED) is 0.0342. The van der Waals surface area contributed by atoms with E-state index in [2.05, 4.69) is 139 Å². The minimum Gasteiger partial charge on any atom is -0.493 e. The highest BCUT2D eigenvalue weighted by atomic mass is 79.9. The fraction of sp³-hybridized carbons (Fsp3) is 0.591. The summed E-state index contributed by atoms with van der Waals surface area (Å²) in [5.74, 6) is 7.06. The Morgan fingerprint density at radius 2 is 0.735 bits per heavy atom. The molecule has 0 bridgehead atoms. The molecule has 3 saturated carbocycles. The molecular weight excluding hydrogens is 1610 g/mol. The van der Waals surface area contributed by atoms with Crippen molar-refractivity contribution in [2.75, 3.05) is 112 Å². The van der Waals surface area contributed by atoms with E-state index in [1.54, 1.807) is 18.6 Å². The Bertz CT molecular complexity index is 4260. The van der Waals surface area contributed by atoms with Crippen LogP contribution in [0.15, 0.2) is 142 Å². The molecule has 6 aliphatic rings. The van der Waals surface area contributed by atoms with Crippen molar-refractivity contribution in [3.63, 3.8) is 0 Å². The van der Waals surface area contributed by atoms with Gasteiger partial charge < -0.3 is 57.4 Å². The van der Waals surface area contributed by atoms with E-state index in [9.17, 15) is 5.11 Å². The molecule has 29 heteroatoms. The van der Waals surface area contributed by atoms with Crippen molar-refractivity contribution in [2.24, 2.45) is 35.5 Å². The summed E-state index contributed by atoms with van der Waals surface area (Å²) < 4.78 is 43.7. The summed E-state index contributed by atoms with van der Waals surface area (Å²) in [6.07, 6.45) is 45.2. The van der Waals surface area contributed by atoms with Crippen molar-refractivity contribution < 1.29 is 32.9 Å². The summed E-state index contributed by atoms with van der Waals surface area (Å²) in [5.41, 5.74) is 8.69. The van der Waals surface area contributed by atoms with Crippen LogP contribution in [0, 0.1) is 35.5 Å². The van der Waals surface area contributed by atoms with Crippen LogP contribution in [-0.4, -0.2) is 207 Å². The van der Waals surface area contributed by atoms with E-state index >= 15 is 0 Å². The van der Waals surface area contributed by atoms with Crippen LogP contribution in [0.2, 0.25) is 0 Å². The molecule has 3 aliphatic carbocycles. The van der Waals surface area contributed by atoms with Crippen molar-refractivity contribution >= 4 is 86.1 Å². The van der Waals surface area contributed by atoms with Crippen molar-refractivity contribution in [3.05, 3.63) is 162 Å². The maximum Gasteiger partial charge on any atom is 0.176 e. The molecule has 0 atom stereocenters. The number of aliphatic hydroxyl groups excluding tert-OH is 1. The van der Waals surface area contributed by atoms with Gasteiger partial charge in [-0.15, -0.1) is 37.2 Å². The number of hydrogen-bond acceptors (Lipinski definition) is 20. The average Bonchev–Trinajstić information content (AvgIpc) is 1.70. The van der Waals surface area contributed by atoms with Crippen LogP contribution in [0.5, 0.6) is 17.2 Å². The lowest BCUT2D eigenvalue weighted by molar-refractivity contribution is 0.174. The topological polar surface area (TPSA) is 242 Å². The number of halogens is 4. The fourth-order valence-electron chi connectivity index (χ4n) is 15.8. The second-order valence-electron chi connectivity index (χ2n) is 33.0. The SMILES string of the molecule is BrCCCn1cccn1.CN(C)Cc1c(OCC2CC2)ccc2c(CCC3CCN(CCCn4cccn4)CC3)noc12.CN(C)Cc1c(OCC2CC2)ccc2c(CCC3CCN(CCCn4cccn4)CC3)noc12.Cl.Cl.Cl.OCc1c(OCC2CC2)ccc2c(CCC3CCN(CCCn4cccn4)CC3)noc12.c1cn[nH]c1. The minimum absolute atomic E-state index is 0. The van der Waals surface area contributed by atoms with Gasteiger partial charge in [-0.3, -0.25) is 23.8 Å². The Morgan fingerprint density at radius 3 is 1.00 bits per heavy atom. The molecule has 8 aromatic heterocycles. The summed E-state index contributed by atoms with van der Waals surface area (Å²) in [5, 5.41) is 50.8. The molecule has 6 fully saturated rings. The third kappa shape index (κ3) is 29.5. The predicted molar refractivity (Wildman–Crippen MR) is 471 cm³/mol. The van der Waals surface area contributed by atoms with Crippen LogP contribution in [0.4, 0.5) is 0 Å². The van der Waals surface area contributed by atoms with E-state index in [1.165, 1.54) is 155 Å². The Balaban J connectivity index is 0.000000168. The zero-order valence-corrected chi connectivity index (χ0v) is 73.4. The van der Waals surface area contributed by atoms with E-state index in [-0.39, 0.29) is 43.8 Å². The van der Waals surface area contributed by atoms with Crippen molar-refractivity contribution in [1.82, 2.24) is 89.3 Å². The van der Waals surface area contributed by atoms with E-state index < -0.39 is 0 Å². The number of likely N-dealkylation sites (tertiary alicyclic amines) is 3. The van der Waals surface area contributed by atoms with Gasteiger partial charge in [0.25, 0.3) is 0 Å². The Morgan fingerprint density at radius 1 is 0.410 bits per heavy atom. The van der Waals surface area contributed by atoms with Crippen LogP contribution < -0.4 is 14.2 Å². The van der Waals surface area contributed by atoms with Crippen LogP contribution in [0.1, 0.15) is 156 Å². The molecular formula is C88H128BrCl3N18O7. The summed E-state index contributed by atoms with van der Waals surface area (Å²) >= 11 is 3.35. The number of benzene rings is 3. The number of aryl methyl sites for hydroxylation is 7. The van der Waals surface area contributed by atoms with Crippen molar-refractivity contribution in [1.29, 1.82) is 0 Å². The molecule has 3 saturated heterocycles. The molecule has 11 aromatic rings. The number of nitrogens with one attached hydrogen (secondary N) is 1. The number of rotatable bonds is 38. The average molecular weight is 1740 g/mol. The number of hydrogen-bond donors (Lipinski definition) is 2. The molecule has 17 rings (SSSR count). The molecule has 11 heterocycles. The number of aromatic nitrogens is 13. The number of alkyl halides is 1. The zero-order valence-electron chi connectivity index (χ0n) is 69.4. The lowest BCUT2D eigenvalue weighted by Crippen LogP contribution is -2.34. The van der Waals surface area contributed by atoms with Gasteiger partial charge in [0, 0.05) is 123 Å². The van der Waals surface area contributed by atoms with Crippen LogP contribution in [0.25, 0.3) is 32.9 Å². The van der Waals surface area contributed by atoms with E-state index in [0.29, 0.717) is 11.5 Å². The van der Waals surface area contributed by atoms with Crippen molar-refractivity contribution in [2.45, 2.75) is 187 Å². The maximum atomic E-state index is 9.90. The van der Waals surface area contributed by atoms with Gasteiger partial charge in [-0.05, 0) is 331 Å². The monoisotopic (exact) mass is 1730 g/mol. The van der Waals surface area contributed by atoms with Crippen molar-refractivity contribution in [3.8, 4) is 17.2 Å². The summed E-state index contributed by atoms with van der Waals surface area (Å²) in [4.78, 5) is 12.2. The number of nitrogens with zero attached hydrogens (tertiary/aromatic N) is 17. The highest BCUT2D eigenvalue weighted by molar-refractivity contribution is 9.09. The minimum atomic E-state index is -0.0924. The molecule has 25 nitrogen and oxygen atoms in total. The summed E-state index contributed by atoms with van der Waals surface area (Å²) in [7, 11) is 8.35. The van der Waals surface area contributed by atoms with Gasteiger partial charge in [0.05, 0.1) is 60.2 Å². The third-order valence-corrected chi connectivity index (χ3v) is 23.7. The smallest absolute Gasteiger partial charge is 0.176 e. The van der Waals surface area contributed by atoms with E-state index in [0.717, 1.165) is 217 Å². The molecule has 117 heavy (non-hydrogen) atoms. The standard InChI is InChI=1S/2C27H39N5O2.C25H34N4O3.C6H9BrN2.C3H4N2.3ClH/c2*1-30(2)19-24-26(33-20-22-5-6-22)10-8-23-25(29-34-27(23)24)9-7-21-11-17-31(18-12-21)14-4-16-32-15-3-13-28-32;30-17-22-24(31-18-20-3-4-20)8-6-21-23(27-32-25(21)22)7-5-19-9-15-28(16-10-19)12-2-14-29-13-1-11-26-29;7-3-1-5-9-6-2-4-8-9;1-2-4-5-3-1;;;/h2*3,8,10,13,15,21-22H,4-7,9,11-12,14,16-20H2,1-2H3;1,6,8,11,13,19-20,30H,2-5,7,9-10,12,14-18H2;2,4,6H,1,3,5H2;1-3H,(H,4,5);3*1H. The molecule has 0 radical (unpaired) electrons. The Labute approximate surface area is 718 Å². The zero-order chi connectivity index (χ0) is 78.5. The van der Waals surface area contributed by atoms with Crippen LogP contribution in [0.3, 0.4) is 0 Å². The second-order valence-corrected chi connectivity index (χ2v) is 33.8. The first-order valence-corrected chi connectivity index (χ1v) is 43.7. The molecule has 3 aliphatic heterocycles. The lowest BCUT2D eigenvalue weighted by Gasteiger charge is -2.31. The Kier molecular flexibility index (Phi) is 38.3. The normalized spacial score (nSPS) is 16.3. The molecule has 0 unspecified atom stereocenters. The number of fused-ring (bicyclic) bond motifs is 3. The molecule has 640 valence electrons. The van der Waals surface area contributed by atoms with Crippen LogP contribution in [-0.2, 0) is 65.1 Å². The van der Waals surface area contributed by atoms with Gasteiger partial charge in [-0.1, -0.05) is 31.4 Å². The highest BCUT2D eigenvalue weighted by Gasteiger charge is 2.29. The number of piperidine rings is 3. The molecule has 2 N–H and O–H groups in total. The number of H-pyrrole nitrogens is 1. The first-order valence-electron chi connectivity index (χ1n) is 42.6. The van der Waals surface area contributed by atoms with E-state index in [1.807, 2.05) is 105 Å². The molecule has 3 aromatic carbocycles. The summed E-state index contributed by atoms with van der Waals surface area (Å²) in [6, 6.07) is 22.3. The van der Waals surface area contributed by atoms with Gasteiger partial charge in [0.2, 0.25) is 0 Å². The van der Waals surface area contributed by atoms with Gasteiger partial charge in [-0.2, -0.15) is 25.5 Å². The van der Waals surface area contributed by atoms with E-state index in [4.69, 9.17) is 27.8 Å².